The Balaban J connectivity index is 1.96. The summed E-state index contributed by atoms with van der Waals surface area (Å²) in [6.45, 7) is 7.27. The second-order valence-corrected chi connectivity index (χ2v) is 7.43. The molecule has 1 amide bonds. The number of ketones is 1. The van der Waals surface area contributed by atoms with Crippen molar-refractivity contribution in [2.45, 2.75) is 39.7 Å². The molecular formula is C23H25NO5. The van der Waals surface area contributed by atoms with E-state index in [0.717, 1.165) is 16.7 Å². The molecule has 29 heavy (non-hydrogen) atoms. The normalized spacial score (nSPS) is 18.0. The summed E-state index contributed by atoms with van der Waals surface area (Å²) in [6, 6.07) is 10.4. The monoisotopic (exact) mass is 395 g/mol. The summed E-state index contributed by atoms with van der Waals surface area (Å²) in [6.07, 6.45) is -0.397. The summed E-state index contributed by atoms with van der Waals surface area (Å²) in [5.74, 6) is -1.59. The van der Waals surface area contributed by atoms with E-state index in [2.05, 4.69) is 0 Å². The lowest BCUT2D eigenvalue weighted by Gasteiger charge is -2.23. The number of hydrogen-bond donors (Lipinski definition) is 1. The van der Waals surface area contributed by atoms with E-state index in [0.29, 0.717) is 16.8 Å². The lowest BCUT2D eigenvalue weighted by Crippen LogP contribution is -2.44. The van der Waals surface area contributed by atoms with E-state index < -0.39 is 23.9 Å². The number of nitrogens with zero attached hydrogens (tertiary/aromatic N) is 1. The van der Waals surface area contributed by atoms with Crippen molar-refractivity contribution in [2.75, 3.05) is 18.1 Å². The van der Waals surface area contributed by atoms with Crippen molar-refractivity contribution in [1.82, 2.24) is 0 Å². The van der Waals surface area contributed by atoms with Gasteiger partial charge in [-0.1, -0.05) is 24.3 Å². The lowest BCUT2D eigenvalue weighted by molar-refractivity contribution is -0.144. The van der Waals surface area contributed by atoms with E-state index in [1.807, 2.05) is 26.8 Å². The summed E-state index contributed by atoms with van der Waals surface area (Å²) < 4.78 is 4.94. The molecule has 6 nitrogen and oxygen atoms in total. The standard InChI is InChI=1S/C23H25NO5/c1-5-29-21(26)13-24-19-9-7-6-8-18(19)23(28,22(24)27)12-20(25)17-11-15(3)14(2)10-16(17)4/h6-11,28H,5,12-13H2,1-4H3. The number of fused-ring (bicyclic) bond motifs is 1. The van der Waals surface area contributed by atoms with Crippen LogP contribution in [-0.2, 0) is 19.9 Å². The molecule has 1 aliphatic rings. The average molecular weight is 395 g/mol. The zero-order valence-electron chi connectivity index (χ0n) is 17.1. The van der Waals surface area contributed by atoms with Gasteiger partial charge in [-0.2, -0.15) is 0 Å². The summed E-state index contributed by atoms with van der Waals surface area (Å²) >= 11 is 0. The van der Waals surface area contributed by atoms with Crippen molar-refractivity contribution < 1.29 is 24.2 Å². The minimum absolute atomic E-state index is 0.192. The van der Waals surface area contributed by atoms with Gasteiger partial charge in [0.2, 0.25) is 0 Å². The van der Waals surface area contributed by atoms with Gasteiger partial charge in [-0.05, 0) is 56.5 Å². The predicted molar refractivity (Wildman–Crippen MR) is 109 cm³/mol. The van der Waals surface area contributed by atoms with Crippen LogP contribution in [0.2, 0.25) is 0 Å². The molecule has 2 aromatic carbocycles. The van der Waals surface area contributed by atoms with E-state index in [4.69, 9.17) is 4.74 Å². The molecule has 0 aromatic heterocycles. The molecule has 1 heterocycles. The Labute approximate surface area is 170 Å². The highest BCUT2D eigenvalue weighted by atomic mass is 16.5. The van der Waals surface area contributed by atoms with Gasteiger partial charge in [-0.15, -0.1) is 0 Å². The summed E-state index contributed by atoms with van der Waals surface area (Å²) in [4.78, 5) is 39.3. The first-order chi connectivity index (χ1) is 13.7. The Bertz CT molecular complexity index is 997. The fourth-order valence-corrected chi connectivity index (χ4v) is 3.76. The number of Topliss-reactive ketones (excluding diaryl/α,β-unsaturated/α-hetero) is 1. The third-order valence-corrected chi connectivity index (χ3v) is 5.39. The maximum Gasteiger partial charge on any atom is 0.326 e. The Kier molecular flexibility index (Phi) is 5.57. The number of ether oxygens (including phenoxy) is 1. The second kappa shape index (κ2) is 7.79. The molecule has 0 spiro atoms. The molecule has 152 valence electrons. The van der Waals surface area contributed by atoms with Crippen LogP contribution in [0, 0.1) is 20.8 Å². The third kappa shape index (κ3) is 3.68. The van der Waals surface area contributed by atoms with Gasteiger partial charge in [0, 0.05) is 11.1 Å². The van der Waals surface area contributed by atoms with Crippen molar-refractivity contribution in [3.63, 3.8) is 0 Å². The number of aryl methyl sites for hydroxylation is 3. The zero-order chi connectivity index (χ0) is 21.3. The number of para-hydroxylation sites is 1. The van der Waals surface area contributed by atoms with Gasteiger partial charge in [-0.3, -0.25) is 19.3 Å². The van der Waals surface area contributed by atoms with Crippen molar-refractivity contribution in [2.24, 2.45) is 0 Å². The van der Waals surface area contributed by atoms with Gasteiger partial charge >= 0.3 is 5.97 Å². The van der Waals surface area contributed by atoms with E-state index in [9.17, 15) is 19.5 Å². The van der Waals surface area contributed by atoms with Crippen LogP contribution in [0.1, 0.15) is 46.0 Å². The fraction of sp³-hybridized carbons (Fsp3) is 0.348. The number of rotatable bonds is 6. The average Bonchev–Trinajstić information content (AvgIpc) is 2.87. The maximum atomic E-state index is 13.1. The smallest absolute Gasteiger partial charge is 0.326 e. The SMILES string of the molecule is CCOC(=O)CN1C(=O)C(O)(CC(=O)c2cc(C)c(C)cc2C)c2ccccc21. The number of esters is 1. The number of anilines is 1. The maximum absolute atomic E-state index is 13.1. The molecule has 0 aliphatic carbocycles. The number of carbonyl (C=O) groups is 3. The fourth-order valence-electron chi connectivity index (χ4n) is 3.76. The van der Waals surface area contributed by atoms with Gasteiger partial charge in [0.15, 0.2) is 11.4 Å². The Morgan fingerprint density at radius 2 is 1.72 bits per heavy atom. The first-order valence-electron chi connectivity index (χ1n) is 9.59. The lowest BCUT2D eigenvalue weighted by atomic mass is 9.86. The Morgan fingerprint density at radius 3 is 2.41 bits per heavy atom. The minimum Gasteiger partial charge on any atom is -0.465 e. The van der Waals surface area contributed by atoms with Crippen LogP contribution >= 0.6 is 0 Å². The van der Waals surface area contributed by atoms with Crippen LogP contribution in [-0.4, -0.2) is 35.9 Å². The van der Waals surface area contributed by atoms with Crippen molar-refractivity contribution in [1.29, 1.82) is 0 Å². The molecule has 1 N–H and O–H groups in total. The first kappa shape index (κ1) is 20.7. The highest BCUT2D eigenvalue weighted by Gasteiger charge is 2.51. The minimum atomic E-state index is -2.02. The molecule has 0 saturated carbocycles. The first-order valence-corrected chi connectivity index (χ1v) is 9.59. The van der Waals surface area contributed by atoms with Gasteiger partial charge in [0.25, 0.3) is 5.91 Å². The van der Waals surface area contributed by atoms with Crippen LogP contribution in [0.3, 0.4) is 0 Å². The number of hydrogen-bond acceptors (Lipinski definition) is 5. The Morgan fingerprint density at radius 1 is 1.07 bits per heavy atom. The van der Waals surface area contributed by atoms with Gasteiger partial charge < -0.3 is 9.84 Å². The molecule has 1 aliphatic heterocycles. The van der Waals surface area contributed by atoms with E-state index in [1.165, 1.54) is 4.90 Å². The molecule has 1 unspecified atom stereocenters. The van der Waals surface area contributed by atoms with Crippen molar-refractivity contribution in [3.05, 3.63) is 64.2 Å². The molecule has 0 bridgehead atoms. The van der Waals surface area contributed by atoms with Crippen LogP contribution in [0.25, 0.3) is 0 Å². The van der Waals surface area contributed by atoms with Crippen molar-refractivity contribution >= 4 is 23.3 Å². The molecular weight excluding hydrogens is 370 g/mol. The number of benzene rings is 2. The topological polar surface area (TPSA) is 83.9 Å². The van der Waals surface area contributed by atoms with Crippen LogP contribution in [0.5, 0.6) is 0 Å². The molecule has 3 rings (SSSR count). The highest BCUT2D eigenvalue weighted by Crippen LogP contribution is 2.43. The largest absolute Gasteiger partial charge is 0.465 e. The predicted octanol–water partition coefficient (Wildman–Crippen LogP) is 2.98. The van der Waals surface area contributed by atoms with Gasteiger partial charge in [0.05, 0.1) is 18.7 Å². The molecule has 0 fully saturated rings. The quantitative estimate of drug-likeness (QED) is 0.600. The molecule has 2 aromatic rings. The van der Waals surface area contributed by atoms with E-state index >= 15 is 0 Å². The van der Waals surface area contributed by atoms with E-state index in [1.54, 1.807) is 37.3 Å². The second-order valence-electron chi connectivity index (χ2n) is 7.43. The molecule has 0 radical (unpaired) electrons. The zero-order valence-corrected chi connectivity index (χ0v) is 17.1. The molecule has 6 heteroatoms. The van der Waals surface area contributed by atoms with Gasteiger partial charge in [-0.25, -0.2) is 0 Å². The van der Waals surface area contributed by atoms with E-state index in [-0.39, 0.29) is 18.9 Å². The van der Waals surface area contributed by atoms with Crippen LogP contribution in [0.15, 0.2) is 36.4 Å². The molecule has 0 saturated heterocycles. The third-order valence-electron chi connectivity index (χ3n) is 5.39. The Hall–Kier alpha value is -2.99. The van der Waals surface area contributed by atoms with Gasteiger partial charge in [0.1, 0.15) is 6.54 Å². The summed E-state index contributed by atoms with van der Waals surface area (Å²) in [5.41, 5.74) is 2.03. The summed E-state index contributed by atoms with van der Waals surface area (Å²) in [5, 5.41) is 11.3. The van der Waals surface area contributed by atoms with Crippen molar-refractivity contribution in [3.8, 4) is 0 Å². The highest BCUT2D eigenvalue weighted by molar-refractivity contribution is 6.12. The van der Waals surface area contributed by atoms with Crippen LogP contribution in [0.4, 0.5) is 5.69 Å². The number of aliphatic hydroxyl groups is 1. The number of carbonyl (C=O) groups excluding carboxylic acids is 3. The molecule has 1 atom stereocenters. The van der Waals surface area contributed by atoms with Crippen LogP contribution < -0.4 is 4.90 Å². The number of amides is 1. The summed E-state index contributed by atoms with van der Waals surface area (Å²) in [7, 11) is 0.